The van der Waals surface area contributed by atoms with Gasteiger partial charge in [0.2, 0.25) is 5.91 Å². The molecule has 27 heavy (non-hydrogen) atoms. The van der Waals surface area contributed by atoms with Crippen molar-refractivity contribution in [3.05, 3.63) is 57.5 Å². The molecule has 5 nitrogen and oxygen atoms in total. The van der Waals surface area contributed by atoms with Crippen molar-refractivity contribution in [2.45, 2.75) is 18.6 Å². The average molecular weight is 442 g/mol. The quantitative estimate of drug-likeness (QED) is 0.502. The van der Waals surface area contributed by atoms with E-state index in [2.05, 4.69) is 15.5 Å². The molecule has 1 N–H and O–H groups in total. The monoisotopic (exact) mass is 440 g/mol. The van der Waals surface area contributed by atoms with Crippen LogP contribution < -0.4 is 5.32 Å². The van der Waals surface area contributed by atoms with E-state index < -0.39 is 0 Å². The van der Waals surface area contributed by atoms with Gasteiger partial charge in [0.1, 0.15) is 0 Å². The number of nitrogens with one attached hydrogen (secondary N) is 1. The summed E-state index contributed by atoms with van der Waals surface area (Å²) in [6.07, 6.45) is 0. The van der Waals surface area contributed by atoms with Crippen molar-refractivity contribution in [3.8, 4) is 11.4 Å². The summed E-state index contributed by atoms with van der Waals surface area (Å²) in [6.45, 7) is 2.67. The standard InChI is InChI=1S/C18H15Cl3N4OS/c1-2-25-17(11-4-3-5-12(19)8-11)23-24-18(25)27-10-16(26)22-13-6-7-14(20)15(21)9-13/h3-9H,2,10H2,1H3,(H,22,26). The summed E-state index contributed by atoms with van der Waals surface area (Å²) in [4.78, 5) is 12.2. The number of halogens is 3. The minimum atomic E-state index is -0.173. The highest BCUT2D eigenvalue weighted by atomic mass is 35.5. The maximum absolute atomic E-state index is 12.2. The molecule has 0 radical (unpaired) electrons. The number of aromatic nitrogens is 3. The number of hydrogen-bond acceptors (Lipinski definition) is 4. The maximum atomic E-state index is 12.2. The normalized spacial score (nSPS) is 10.8. The predicted molar refractivity (Wildman–Crippen MR) is 112 cm³/mol. The van der Waals surface area contributed by atoms with Gasteiger partial charge >= 0.3 is 0 Å². The lowest BCUT2D eigenvalue weighted by Gasteiger charge is -2.08. The van der Waals surface area contributed by atoms with Gasteiger partial charge in [-0.15, -0.1) is 10.2 Å². The molecule has 3 aromatic rings. The zero-order chi connectivity index (χ0) is 19.4. The fourth-order valence-corrected chi connectivity index (χ4v) is 3.71. The van der Waals surface area contributed by atoms with E-state index in [1.165, 1.54) is 11.8 Å². The smallest absolute Gasteiger partial charge is 0.234 e. The van der Waals surface area contributed by atoms with E-state index in [-0.39, 0.29) is 11.7 Å². The van der Waals surface area contributed by atoms with Gasteiger partial charge in [0.25, 0.3) is 0 Å². The Morgan fingerprint density at radius 2 is 1.93 bits per heavy atom. The van der Waals surface area contributed by atoms with Crippen LogP contribution in [0.4, 0.5) is 5.69 Å². The molecule has 9 heteroatoms. The molecule has 0 bridgehead atoms. The van der Waals surface area contributed by atoms with Gasteiger partial charge in [-0.1, -0.05) is 58.7 Å². The summed E-state index contributed by atoms with van der Waals surface area (Å²) in [5.74, 6) is 0.731. The lowest BCUT2D eigenvalue weighted by Crippen LogP contribution is -2.14. The Morgan fingerprint density at radius 3 is 2.63 bits per heavy atom. The first-order valence-corrected chi connectivity index (χ1v) is 10.2. The molecule has 0 aliphatic carbocycles. The first-order valence-electron chi connectivity index (χ1n) is 8.04. The Bertz CT molecular complexity index is 977. The Kier molecular flexibility index (Phi) is 6.65. The summed E-state index contributed by atoms with van der Waals surface area (Å²) in [6, 6.07) is 12.4. The van der Waals surface area contributed by atoms with E-state index in [4.69, 9.17) is 34.8 Å². The zero-order valence-corrected chi connectivity index (χ0v) is 17.3. The SMILES string of the molecule is CCn1c(SCC(=O)Nc2ccc(Cl)c(Cl)c2)nnc1-c1cccc(Cl)c1. The van der Waals surface area contributed by atoms with Crippen LogP contribution >= 0.6 is 46.6 Å². The molecule has 0 fully saturated rings. The maximum Gasteiger partial charge on any atom is 0.234 e. The Morgan fingerprint density at radius 1 is 1.11 bits per heavy atom. The number of amides is 1. The fourth-order valence-electron chi connectivity index (χ4n) is 2.42. The van der Waals surface area contributed by atoms with Crippen LogP contribution in [0.15, 0.2) is 47.6 Å². The molecule has 1 aromatic heterocycles. The second-order valence-electron chi connectivity index (χ2n) is 5.53. The molecule has 1 heterocycles. The lowest BCUT2D eigenvalue weighted by atomic mass is 10.2. The molecule has 0 atom stereocenters. The molecule has 0 spiro atoms. The largest absolute Gasteiger partial charge is 0.325 e. The molecule has 1 amide bonds. The summed E-state index contributed by atoms with van der Waals surface area (Å²) < 4.78 is 1.95. The van der Waals surface area contributed by atoms with Crippen molar-refractivity contribution < 1.29 is 4.79 Å². The number of hydrogen-bond donors (Lipinski definition) is 1. The van der Waals surface area contributed by atoms with Gasteiger partial charge in [-0.2, -0.15) is 0 Å². The fraction of sp³-hybridized carbons (Fsp3) is 0.167. The van der Waals surface area contributed by atoms with Gasteiger partial charge in [-0.25, -0.2) is 0 Å². The first kappa shape index (κ1) is 20.0. The number of rotatable bonds is 6. The average Bonchev–Trinajstić information content (AvgIpc) is 3.06. The van der Waals surface area contributed by atoms with E-state index in [1.54, 1.807) is 24.3 Å². The Labute approximate surface area is 176 Å². The van der Waals surface area contributed by atoms with Crippen LogP contribution in [0.2, 0.25) is 15.1 Å². The highest BCUT2D eigenvalue weighted by molar-refractivity contribution is 7.99. The molecule has 0 aliphatic heterocycles. The highest BCUT2D eigenvalue weighted by Gasteiger charge is 2.15. The molecule has 0 saturated heterocycles. The van der Waals surface area contributed by atoms with Gasteiger partial charge < -0.3 is 9.88 Å². The first-order chi connectivity index (χ1) is 13.0. The summed E-state index contributed by atoms with van der Waals surface area (Å²) in [5, 5.41) is 13.4. The highest BCUT2D eigenvalue weighted by Crippen LogP contribution is 2.27. The van der Waals surface area contributed by atoms with Crippen molar-refractivity contribution in [3.63, 3.8) is 0 Å². The molecule has 0 unspecified atom stereocenters. The number of thioether (sulfide) groups is 1. The van der Waals surface area contributed by atoms with Gasteiger partial charge in [0.15, 0.2) is 11.0 Å². The van der Waals surface area contributed by atoms with Crippen LogP contribution in [-0.2, 0) is 11.3 Å². The van der Waals surface area contributed by atoms with Gasteiger partial charge in [-0.05, 0) is 37.3 Å². The molecule has 140 valence electrons. The Balaban J connectivity index is 1.69. The van der Waals surface area contributed by atoms with Crippen LogP contribution in [0.1, 0.15) is 6.92 Å². The van der Waals surface area contributed by atoms with E-state index in [9.17, 15) is 4.79 Å². The van der Waals surface area contributed by atoms with E-state index in [0.29, 0.717) is 38.3 Å². The minimum Gasteiger partial charge on any atom is -0.325 e. The second kappa shape index (κ2) is 8.97. The summed E-state index contributed by atoms with van der Waals surface area (Å²) in [7, 11) is 0. The molecule has 0 saturated carbocycles. The van der Waals surface area contributed by atoms with E-state index in [1.807, 2.05) is 29.7 Å². The third-order valence-electron chi connectivity index (χ3n) is 3.65. The van der Waals surface area contributed by atoms with E-state index >= 15 is 0 Å². The third-order valence-corrected chi connectivity index (χ3v) is 5.59. The molecule has 3 rings (SSSR count). The number of carbonyl (C=O) groups is 1. The van der Waals surface area contributed by atoms with Crippen LogP contribution in [0.25, 0.3) is 11.4 Å². The number of anilines is 1. The van der Waals surface area contributed by atoms with Gasteiger partial charge in [-0.3, -0.25) is 4.79 Å². The van der Waals surface area contributed by atoms with Gasteiger partial charge in [0.05, 0.1) is 15.8 Å². The molecule has 0 aliphatic rings. The van der Waals surface area contributed by atoms with E-state index in [0.717, 1.165) is 5.56 Å². The number of carbonyl (C=O) groups excluding carboxylic acids is 1. The summed E-state index contributed by atoms with van der Waals surface area (Å²) in [5.41, 5.74) is 1.47. The number of nitrogens with zero attached hydrogens (tertiary/aromatic N) is 3. The van der Waals surface area contributed by atoms with Gasteiger partial charge in [0, 0.05) is 22.8 Å². The second-order valence-corrected chi connectivity index (χ2v) is 7.72. The minimum absolute atomic E-state index is 0.173. The van der Waals surface area contributed by atoms with Crippen LogP contribution in [0, 0.1) is 0 Å². The van der Waals surface area contributed by atoms with Crippen molar-refractivity contribution in [2.75, 3.05) is 11.1 Å². The van der Waals surface area contributed by atoms with Crippen LogP contribution in [0.3, 0.4) is 0 Å². The van der Waals surface area contributed by atoms with Crippen molar-refractivity contribution >= 4 is 58.2 Å². The zero-order valence-electron chi connectivity index (χ0n) is 14.2. The predicted octanol–water partition coefficient (Wildman–Crippen LogP) is 5.66. The van der Waals surface area contributed by atoms with Crippen molar-refractivity contribution in [1.29, 1.82) is 0 Å². The molecular weight excluding hydrogens is 427 g/mol. The van der Waals surface area contributed by atoms with Crippen LogP contribution in [0.5, 0.6) is 0 Å². The summed E-state index contributed by atoms with van der Waals surface area (Å²) >= 11 is 19.2. The number of benzene rings is 2. The van der Waals surface area contributed by atoms with Crippen LogP contribution in [-0.4, -0.2) is 26.4 Å². The molecular formula is C18H15Cl3N4OS. The molecule has 2 aromatic carbocycles. The Hall–Kier alpha value is -1.73. The lowest BCUT2D eigenvalue weighted by molar-refractivity contribution is -0.113. The topological polar surface area (TPSA) is 59.8 Å². The third kappa shape index (κ3) is 4.96. The van der Waals surface area contributed by atoms with Crippen molar-refractivity contribution in [2.24, 2.45) is 0 Å². The van der Waals surface area contributed by atoms with Crippen molar-refractivity contribution in [1.82, 2.24) is 14.8 Å².